The molecular formula is C15H10BrFN2O3. The zero-order valence-corrected chi connectivity index (χ0v) is 12.8. The van der Waals surface area contributed by atoms with E-state index in [1.54, 1.807) is 24.3 Å². The van der Waals surface area contributed by atoms with Crippen molar-refractivity contribution >= 4 is 33.9 Å². The maximum atomic E-state index is 13.6. The van der Waals surface area contributed by atoms with Crippen LogP contribution in [-0.2, 0) is 11.3 Å². The Morgan fingerprint density at radius 1 is 1.23 bits per heavy atom. The molecule has 0 bridgehead atoms. The van der Waals surface area contributed by atoms with E-state index in [0.717, 1.165) is 4.90 Å². The summed E-state index contributed by atoms with van der Waals surface area (Å²) >= 11 is 3.15. The average Bonchev–Trinajstić information content (AvgIpc) is 3.00. The third kappa shape index (κ3) is 2.80. The molecule has 0 unspecified atom stereocenters. The summed E-state index contributed by atoms with van der Waals surface area (Å²) in [6.45, 7) is -0.128. The number of hydrogen-bond donors (Lipinski definition) is 1. The predicted molar refractivity (Wildman–Crippen MR) is 79.9 cm³/mol. The van der Waals surface area contributed by atoms with Crippen molar-refractivity contribution in [3.05, 3.63) is 63.9 Å². The van der Waals surface area contributed by atoms with Crippen molar-refractivity contribution in [1.29, 1.82) is 0 Å². The fourth-order valence-electron chi connectivity index (χ4n) is 2.06. The number of carbonyl (C=O) groups excluding carboxylic acids is 2. The minimum atomic E-state index is -0.592. The number of urea groups is 1. The first-order chi connectivity index (χ1) is 10.5. The molecule has 7 heteroatoms. The van der Waals surface area contributed by atoms with Crippen LogP contribution in [0.4, 0.5) is 9.18 Å². The third-order valence-electron chi connectivity index (χ3n) is 3.13. The SMILES string of the molecule is O=C1N/C(=C/c2ccc(Br)o2)C(=O)N1Cc1ccccc1F. The Morgan fingerprint density at radius 2 is 2.00 bits per heavy atom. The predicted octanol–water partition coefficient (Wildman–Crippen LogP) is 3.27. The van der Waals surface area contributed by atoms with Crippen molar-refractivity contribution in [3.63, 3.8) is 0 Å². The highest BCUT2D eigenvalue weighted by Gasteiger charge is 2.34. The highest BCUT2D eigenvalue weighted by atomic mass is 79.9. The van der Waals surface area contributed by atoms with Gasteiger partial charge in [-0.05, 0) is 34.1 Å². The molecule has 0 aliphatic carbocycles. The Hall–Kier alpha value is -2.41. The fourth-order valence-corrected chi connectivity index (χ4v) is 2.38. The summed E-state index contributed by atoms with van der Waals surface area (Å²) in [4.78, 5) is 25.1. The lowest BCUT2D eigenvalue weighted by atomic mass is 10.2. The molecule has 3 rings (SSSR count). The lowest BCUT2D eigenvalue weighted by molar-refractivity contribution is -0.123. The van der Waals surface area contributed by atoms with Gasteiger partial charge in [-0.1, -0.05) is 18.2 Å². The van der Waals surface area contributed by atoms with Crippen molar-refractivity contribution < 1.29 is 18.4 Å². The maximum absolute atomic E-state index is 13.6. The van der Waals surface area contributed by atoms with E-state index in [0.29, 0.717) is 10.4 Å². The summed E-state index contributed by atoms with van der Waals surface area (Å²) < 4.78 is 19.4. The van der Waals surface area contributed by atoms with E-state index in [2.05, 4.69) is 21.2 Å². The van der Waals surface area contributed by atoms with Gasteiger partial charge >= 0.3 is 6.03 Å². The van der Waals surface area contributed by atoms with Crippen molar-refractivity contribution in [3.8, 4) is 0 Å². The number of imide groups is 1. The molecule has 1 aliphatic rings. The van der Waals surface area contributed by atoms with E-state index in [1.165, 1.54) is 18.2 Å². The van der Waals surface area contributed by atoms with E-state index < -0.39 is 17.8 Å². The maximum Gasteiger partial charge on any atom is 0.329 e. The average molecular weight is 365 g/mol. The summed E-state index contributed by atoms with van der Waals surface area (Å²) in [6, 6.07) is 8.73. The van der Waals surface area contributed by atoms with Gasteiger partial charge in [-0.25, -0.2) is 9.18 Å². The second-order valence-corrected chi connectivity index (χ2v) is 5.39. The molecule has 5 nitrogen and oxygen atoms in total. The normalized spacial score (nSPS) is 16.5. The molecule has 1 N–H and O–H groups in total. The third-order valence-corrected chi connectivity index (χ3v) is 3.56. The summed E-state index contributed by atoms with van der Waals surface area (Å²) in [7, 11) is 0. The zero-order chi connectivity index (χ0) is 15.7. The molecule has 22 heavy (non-hydrogen) atoms. The Labute approximate surface area is 133 Å². The van der Waals surface area contributed by atoms with Gasteiger partial charge in [0, 0.05) is 11.6 Å². The van der Waals surface area contributed by atoms with Gasteiger partial charge in [-0.15, -0.1) is 0 Å². The molecule has 1 saturated heterocycles. The second kappa shape index (κ2) is 5.76. The van der Waals surface area contributed by atoms with Crippen molar-refractivity contribution in [1.82, 2.24) is 10.2 Å². The van der Waals surface area contributed by atoms with Crippen LogP contribution in [0.2, 0.25) is 0 Å². The molecule has 1 aromatic carbocycles. The van der Waals surface area contributed by atoms with Crippen LogP contribution in [0, 0.1) is 5.82 Å². The van der Waals surface area contributed by atoms with E-state index >= 15 is 0 Å². The van der Waals surface area contributed by atoms with Crippen LogP contribution in [0.5, 0.6) is 0 Å². The van der Waals surface area contributed by atoms with Crippen molar-refractivity contribution in [2.24, 2.45) is 0 Å². The molecule has 2 heterocycles. The molecular weight excluding hydrogens is 355 g/mol. The van der Waals surface area contributed by atoms with Crippen LogP contribution in [0.3, 0.4) is 0 Å². The number of hydrogen-bond acceptors (Lipinski definition) is 3. The van der Waals surface area contributed by atoms with Gasteiger partial charge < -0.3 is 9.73 Å². The summed E-state index contributed by atoms with van der Waals surface area (Å²) in [5, 5.41) is 2.45. The summed E-state index contributed by atoms with van der Waals surface area (Å²) in [5.74, 6) is -0.570. The molecule has 0 atom stereocenters. The number of amides is 3. The Morgan fingerprint density at radius 3 is 2.68 bits per heavy atom. The van der Waals surface area contributed by atoms with Gasteiger partial charge in [0.1, 0.15) is 17.3 Å². The molecule has 0 radical (unpaired) electrons. The number of halogens is 2. The number of nitrogens with one attached hydrogen (secondary N) is 1. The molecule has 1 fully saturated rings. The molecule has 0 saturated carbocycles. The highest BCUT2D eigenvalue weighted by molar-refractivity contribution is 9.10. The molecule has 112 valence electrons. The first-order valence-electron chi connectivity index (χ1n) is 6.38. The summed E-state index contributed by atoms with van der Waals surface area (Å²) in [6.07, 6.45) is 1.42. The Bertz CT molecular complexity index is 785. The molecule has 3 amide bonds. The van der Waals surface area contributed by atoms with Crippen LogP contribution in [0.25, 0.3) is 6.08 Å². The Balaban J connectivity index is 1.83. The minimum Gasteiger partial charge on any atom is -0.450 e. The summed E-state index contributed by atoms with van der Waals surface area (Å²) in [5.41, 5.74) is 0.358. The number of benzene rings is 1. The zero-order valence-electron chi connectivity index (χ0n) is 11.2. The number of furan rings is 1. The van der Waals surface area contributed by atoms with E-state index in [9.17, 15) is 14.0 Å². The van der Waals surface area contributed by atoms with Gasteiger partial charge in [0.2, 0.25) is 0 Å². The molecule has 0 spiro atoms. The first-order valence-corrected chi connectivity index (χ1v) is 7.17. The van der Waals surface area contributed by atoms with Gasteiger partial charge in [-0.3, -0.25) is 9.69 Å². The Kier molecular flexibility index (Phi) is 3.81. The standard InChI is InChI=1S/C15H10BrFN2O3/c16-13-6-5-10(22-13)7-12-14(20)19(15(21)18-12)8-9-3-1-2-4-11(9)17/h1-7H,8H2,(H,18,21)/b12-7+. The monoisotopic (exact) mass is 364 g/mol. The van der Waals surface area contributed by atoms with E-state index in [1.807, 2.05) is 0 Å². The quantitative estimate of drug-likeness (QED) is 0.671. The largest absolute Gasteiger partial charge is 0.450 e. The van der Waals surface area contributed by atoms with E-state index in [4.69, 9.17) is 4.42 Å². The number of nitrogens with zero attached hydrogens (tertiary/aromatic N) is 1. The number of carbonyl (C=O) groups is 2. The first kappa shape index (κ1) is 14.5. The number of rotatable bonds is 3. The van der Waals surface area contributed by atoms with E-state index in [-0.39, 0.29) is 17.8 Å². The lowest BCUT2D eigenvalue weighted by Gasteiger charge is -2.12. The smallest absolute Gasteiger partial charge is 0.329 e. The van der Waals surface area contributed by atoms with Gasteiger partial charge in [0.05, 0.1) is 6.54 Å². The van der Waals surface area contributed by atoms with Gasteiger partial charge in [0.25, 0.3) is 5.91 Å². The fraction of sp³-hybridized carbons (Fsp3) is 0.0667. The molecule has 1 aromatic heterocycles. The second-order valence-electron chi connectivity index (χ2n) is 4.61. The van der Waals surface area contributed by atoms with Crippen LogP contribution in [0.15, 0.2) is 51.2 Å². The van der Waals surface area contributed by atoms with Gasteiger partial charge in [0.15, 0.2) is 4.67 Å². The van der Waals surface area contributed by atoms with Crippen LogP contribution < -0.4 is 5.32 Å². The molecule has 2 aromatic rings. The topological polar surface area (TPSA) is 62.6 Å². The lowest BCUT2D eigenvalue weighted by Crippen LogP contribution is -2.30. The molecule has 1 aliphatic heterocycles. The van der Waals surface area contributed by atoms with Crippen molar-refractivity contribution in [2.45, 2.75) is 6.54 Å². The highest BCUT2D eigenvalue weighted by Crippen LogP contribution is 2.20. The van der Waals surface area contributed by atoms with Gasteiger partial charge in [-0.2, -0.15) is 0 Å². The minimum absolute atomic E-state index is 0.0863. The van der Waals surface area contributed by atoms with Crippen LogP contribution in [-0.4, -0.2) is 16.8 Å². The van der Waals surface area contributed by atoms with Crippen LogP contribution >= 0.6 is 15.9 Å². The van der Waals surface area contributed by atoms with Crippen LogP contribution in [0.1, 0.15) is 11.3 Å². The van der Waals surface area contributed by atoms with Crippen molar-refractivity contribution in [2.75, 3.05) is 0 Å².